The Morgan fingerprint density at radius 1 is 1.21 bits per heavy atom. The lowest BCUT2D eigenvalue weighted by molar-refractivity contribution is -0.122. The Hall–Kier alpha value is -1.86. The number of hydrogen-bond donors (Lipinski definition) is 0. The first-order valence-electron chi connectivity index (χ1n) is 10.8. The van der Waals surface area contributed by atoms with E-state index < -0.39 is 42.9 Å². The van der Waals surface area contributed by atoms with E-state index >= 15 is 0 Å². The van der Waals surface area contributed by atoms with Crippen LogP contribution >= 0.6 is 22.6 Å². The second kappa shape index (κ2) is 9.78. The summed E-state index contributed by atoms with van der Waals surface area (Å²) in [6, 6.07) is 2.43. The number of urea groups is 1. The molecule has 1 saturated heterocycles. The molecule has 33 heavy (non-hydrogen) atoms. The number of aromatic nitrogens is 2. The molecule has 1 atom stereocenters. The van der Waals surface area contributed by atoms with E-state index in [1.165, 1.54) is 11.9 Å². The van der Waals surface area contributed by atoms with Gasteiger partial charge in [0.15, 0.2) is 11.6 Å². The van der Waals surface area contributed by atoms with Crippen LogP contribution in [0.4, 0.5) is 19.3 Å². The summed E-state index contributed by atoms with van der Waals surface area (Å²) >= 11 is 1.77. The normalized spacial score (nSPS) is 19.5. The van der Waals surface area contributed by atoms with Gasteiger partial charge in [0.05, 0.1) is 18.2 Å². The van der Waals surface area contributed by atoms with Gasteiger partial charge in [-0.15, -0.1) is 0 Å². The van der Waals surface area contributed by atoms with Crippen molar-refractivity contribution in [2.75, 3.05) is 18.6 Å². The molecule has 2 aromatic rings. The first-order valence-corrected chi connectivity index (χ1v) is 15.5. The first kappa shape index (κ1) is 25.8. The van der Waals surface area contributed by atoms with Gasteiger partial charge >= 0.3 is 6.03 Å². The number of amides is 3. The van der Waals surface area contributed by atoms with E-state index in [0.717, 1.165) is 18.2 Å². The lowest BCUT2D eigenvalue weighted by atomic mass is 9.82. The highest BCUT2D eigenvalue weighted by Crippen LogP contribution is 2.41. The Morgan fingerprint density at radius 3 is 2.42 bits per heavy atom. The van der Waals surface area contributed by atoms with Crippen molar-refractivity contribution in [2.24, 2.45) is 0 Å². The molecule has 0 unspecified atom stereocenters. The predicted octanol–water partition coefficient (Wildman–Crippen LogP) is 5.17. The van der Waals surface area contributed by atoms with Crippen molar-refractivity contribution < 1.29 is 23.1 Å². The Balaban J connectivity index is 1.84. The molecule has 1 aromatic heterocycles. The number of ether oxygens (including phenoxy) is 1. The number of carbonyl (C=O) groups is 2. The standard InChI is InChI=1S/C22H29F2IN4O3Si/c1-6-22(15-12-26-28(13-15)14-32-7-8-33(3,4)5)11-19(30)29(21(31)27(22)2)20-17(23)9-16(25)10-18(20)24/h9-10,12-13H,6-8,11,14H2,1-5H3/t22-/m0/s1. The molecule has 180 valence electrons. The summed E-state index contributed by atoms with van der Waals surface area (Å²) in [6.07, 6.45) is 3.67. The van der Waals surface area contributed by atoms with Crippen LogP contribution in [0.1, 0.15) is 25.3 Å². The van der Waals surface area contributed by atoms with Gasteiger partial charge in [-0.05, 0) is 47.2 Å². The minimum Gasteiger partial charge on any atom is -0.360 e. The Morgan fingerprint density at radius 2 is 1.85 bits per heavy atom. The van der Waals surface area contributed by atoms with Gasteiger partial charge in [0.2, 0.25) is 5.91 Å². The average molecular weight is 590 g/mol. The maximum Gasteiger partial charge on any atom is 0.332 e. The minimum absolute atomic E-state index is 0.126. The lowest BCUT2D eigenvalue weighted by Crippen LogP contribution is -2.61. The van der Waals surface area contributed by atoms with Crippen LogP contribution in [0, 0.1) is 15.2 Å². The summed E-state index contributed by atoms with van der Waals surface area (Å²) in [5.41, 5.74) is -0.947. The summed E-state index contributed by atoms with van der Waals surface area (Å²) in [7, 11) is 0.337. The van der Waals surface area contributed by atoms with Gasteiger partial charge in [-0.3, -0.25) is 4.79 Å². The molecule has 1 aliphatic rings. The highest BCUT2D eigenvalue weighted by Gasteiger charge is 2.50. The van der Waals surface area contributed by atoms with E-state index in [9.17, 15) is 18.4 Å². The fourth-order valence-electron chi connectivity index (χ4n) is 3.93. The van der Waals surface area contributed by atoms with Crippen LogP contribution in [0.25, 0.3) is 0 Å². The number of hydrogen-bond acceptors (Lipinski definition) is 4. The second-order valence-electron chi connectivity index (χ2n) is 9.47. The average Bonchev–Trinajstić information content (AvgIpc) is 3.18. The lowest BCUT2D eigenvalue weighted by Gasteiger charge is -2.46. The third-order valence-electron chi connectivity index (χ3n) is 5.99. The maximum atomic E-state index is 14.6. The maximum absolute atomic E-state index is 14.6. The van der Waals surface area contributed by atoms with E-state index in [4.69, 9.17) is 4.74 Å². The van der Waals surface area contributed by atoms with E-state index in [0.29, 0.717) is 27.1 Å². The summed E-state index contributed by atoms with van der Waals surface area (Å²) in [5, 5.41) is 4.34. The van der Waals surface area contributed by atoms with Crippen molar-refractivity contribution in [2.45, 2.75) is 57.7 Å². The molecule has 1 fully saturated rings. The molecule has 1 aromatic carbocycles. The van der Waals surface area contributed by atoms with Crippen molar-refractivity contribution in [3.05, 3.63) is 45.3 Å². The minimum atomic E-state index is -1.20. The fraction of sp³-hybridized carbons (Fsp3) is 0.500. The van der Waals surface area contributed by atoms with Crippen LogP contribution in [0.15, 0.2) is 24.5 Å². The molecule has 3 amide bonds. The SMILES string of the molecule is CC[C@@]1(c2cnn(COCC[Si](C)(C)C)c2)CC(=O)N(c2c(F)cc(I)cc2F)C(=O)N1C. The molecular formula is C22H29F2IN4O3Si. The van der Waals surface area contributed by atoms with Gasteiger partial charge in [-0.2, -0.15) is 5.10 Å². The predicted molar refractivity (Wildman–Crippen MR) is 133 cm³/mol. The van der Waals surface area contributed by atoms with E-state index in [1.807, 2.05) is 6.92 Å². The van der Waals surface area contributed by atoms with Crippen molar-refractivity contribution in [3.63, 3.8) is 0 Å². The summed E-state index contributed by atoms with van der Waals surface area (Å²) < 4.78 is 36.8. The molecule has 0 N–H and O–H groups in total. The topological polar surface area (TPSA) is 67.7 Å². The van der Waals surface area contributed by atoms with Crippen LogP contribution < -0.4 is 4.90 Å². The van der Waals surface area contributed by atoms with Gasteiger partial charge in [0.1, 0.15) is 12.4 Å². The van der Waals surface area contributed by atoms with Gasteiger partial charge < -0.3 is 9.64 Å². The summed E-state index contributed by atoms with van der Waals surface area (Å²) in [5.74, 6) is -2.58. The van der Waals surface area contributed by atoms with Gasteiger partial charge in [0, 0.05) is 37.1 Å². The van der Waals surface area contributed by atoms with Crippen LogP contribution in [-0.2, 0) is 21.8 Å². The Bertz CT molecular complexity index is 1040. The van der Waals surface area contributed by atoms with E-state index in [2.05, 4.69) is 24.7 Å². The van der Waals surface area contributed by atoms with Crippen molar-refractivity contribution in [1.82, 2.24) is 14.7 Å². The van der Waals surface area contributed by atoms with Gasteiger partial charge in [-0.25, -0.2) is 23.2 Å². The summed E-state index contributed by atoms with van der Waals surface area (Å²) in [6.45, 7) is 9.59. The quantitative estimate of drug-likeness (QED) is 0.242. The van der Waals surface area contributed by atoms with Crippen molar-refractivity contribution in [1.29, 1.82) is 0 Å². The van der Waals surface area contributed by atoms with Crippen LogP contribution in [0.2, 0.25) is 25.7 Å². The monoisotopic (exact) mass is 590 g/mol. The molecule has 0 spiro atoms. The first-order chi connectivity index (χ1) is 15.4. The van der Waals surface area contributed by atoms with Crippen molar-refractivity contribution >= 4 is 48.3 Å². The molecule has 2 heterocycles. The van der Waals surface area contributed by atoms with Gasteiger partial charge in [0.25, 0.3) is 0 Å². The number of halogens is 3. The molecular weight excluding hydrogens is 561 g/mol. The summed E-state index contributed by atoms with van der Waals surface area (Å²) in [4.78, 5) is 28.3. The molecule has 0 bridgehead atoms. The number of nitrogens with zero attached hydrogens (tertiary/aromatic N) is 4. The smallest absolute Gasteiger partial charge is 0.332 e. The van der Waals surface area contributed by atoms with E-state index in [-0.39, 0.29) is 13.2 Å². The van der Waals surface area contributed by atoms with Crippen LogP contribution in [0.3, 0.4) is 0 Å². The fourth-order valence-corrected chi connectivity index (χ4v) is 5.23. The molecule has 0 saturated carbocycles. The zero-order chi connectivity index (χ0) is 24.6. The van der Waals surface area contributed by atoms with Crippen LogP contribution in [0.5, 0.6) is 0 Å². The number of benzene rings is 1. The highest BCUT2D eigenvalue weighted by molar-refractivity contribution is 14.1. The number of imide groups is 1. The molecule has 3 rings (SSSR count). The number of rotatable bonds is 8. The second-order valence-corrected chi connectivity index (χ2v) is 16.3. The third kappa shape index (κ3) is 5.29. The molecule has 0 aliphatic carbocycles. The largest absolute Gasteiger partial charge is 0.360 e. The third-order valence-corrected chi connectivity index (χ3v) is 8.32. The Kier molecular flexibility index (Phi) is 7.64. The zero-order valence-corrected chi connectivity index (χ0v) is 22.6. The molecule has 1 aliphatic heterocycles. The Labute approximate surface area is 207 Å². The van der Waals surface area contributed by atoms with Crippen molar-refractivity contribution in [3.8, 4) is 0 Å². The van der Waals surface area contributed by atoms with Gasteiger partial charge in [-0.1, -0.05) is 26.6 Å². The number of anilines is 1. The number of carbonyl (C=O) groups excluding carboxylic acids is 2. The van der Waals surface area contributed by atoms with Crippen LogP contribution in [-0.4, -0.2) is 48.3 Å². The zero-order valence-electron chi connectivity index (χ0n) is 19.5. The molecule has 11 heteroatoms. The highest BCUT2D eigenvalue weighted by atomic mass is 127. The molecule has 0 radical (unpaired) electrons. The molecule has 7 nitrogen and oxygen atoms in total. The van der Waals surface area contributed by atoms with E-state index in [1.54, 1.807) is 39.7 Å².